The van der Waals surface area contributed by atoms with Crippen LogP contribution < -0.4 is 0 Å². The molecule has 0 radical (unpaired) electrons. The van der Waals surface area contributed by atoms with Gasteiger partial charge < -0.3 is 4.74 Å². The van der Waals surface area contributed by atoms with Crippen LogP contribution in [0.25, 0.3) is 0 Å². The summed E-state index contributed by atoms with van der Waals surface area (Å²) in [6.45, 7) is 1.68. The molecule has 0 unspecified atom stereocenters. The van der Waals surface area contributed by atoms with Crippen molar-refractivity contribution in [1.29, 1.82) is 0 Å². The summed E-state index contributed by atoms with van der Waals surface area (Å²) in [4.78, 5) is 12.4. The fourth-order valence-corrected chi connectivity index (χ4v) is 4.71. The fourth-order valence-electron chi connectivity index (χ4n) is 4.71. The zero-order chi connectivity index (χ0) is 18.7. The van der Waals surface area contributed by atoms with Crippen molar-refractivity contribution in [3.05, 3.63) is 17.0 Å². The molecule has 0 spiro atoms. The maximum absolute atomic E-state index is 14.5. The first-order valence-corrected chi connectivity index (χ1v) is 9.20. The first-order chi connectivity index (χ1) is 12.2. The summed E-state index contributed by atoms with van der Waals surface area (Å²) in [5, 5.41) is 4.21. The predicted molar refractivity (Wildman–Crippen MR) is 84.5 cm³/mol. The summed E-state index contributed by atoms with van der Waals surface area (Å²) in [5.74, 6) is -1.26. The number of ether oxygens (including phenoxy) is 1. The van der Waals surface area contributed by atoms with Gasteiger partial charge in [-0.1, -0.05) is 0 Å². The Hall–Kier alpha value is -1.60. The zero-order valence-corrected chi connectivity index (χ0v) is 14.7. The molecule has 26 heavy (non-hydrogen) atoms. The second kappa shape index (κ2) is 5.70. The molecule has 4 rings (SSSR count). The van der Waals surface area contributed by atoms with E-state index >= 15 is 0 Å². The number of esters is 1. The molecule has 1 heterocycles. The summed E-state index contributed by atoms with van der Waals surface area (Å²) in [6, 6.07) is 0. The van der Waals surface area contributed by atoms with Crippen molar-refractivity contribution in [2.45, 2.75) is 76.2 Å². The van der Waals surface area contributed by atoms with Gasteiger partial charge >= 0.3 is 12.1 Å². The molecule has 0 aliphatic heterocycles. The normalized spacial score (nSPS) is 30.8. The van der Waals surface area contributed by atoms with Gasteiger partial charge in [0.1, 0.15) is 11.2 Å². The molecule has 0 aromatic carbocycles. The Morgan fingerprint density at radius 2 is 1.92 bits per heavy atom. The molecule has 3 aliphatic rings. The van der Waals surface area contributed by atoms with Gasteiger partial charge in [0.2, 0.25) is 0 Å². The number of rotatable bonds is 5. The number of aromatic nitrogens is 2. The van der Waals surface area contributed by atoms with Gasteiger partial charge in [-0.15, -0.1) is 0 Å². The number of halogens is 4. The SMILES string of the molecule is CCOC(=O)c1c(C(F)(F)F)c(C2CC2)nn1CC12CCC(F)(CC1)C2. The predicted octanol–water partition coefficient (Wildman–Crippen LogP) is 4.63. The number of alkyl halides is 4. The van der Waals surface area contributed by atoms with E-state index in [2.05, 4.69) is 5.10 Å². The highest BCUT2D eigenvalue weighted by Crippen LogP contribution is 2.59. The fraction of sp³-hybridized carbons (Fsp3) is 0.778. The van der Waals surface area contributed by atoms with E-state index in [1.807, 2.05) is 0 Å². The lowest BCUT2D eigenvalue weighted by atomic mass is 9.84. The van der Waals surface area contributed by atoms with Gasteiger partial charge in [0.15, 0.2) is 5.69 Å². The van der Waals surface area contributed by atoms with Gasteiger partial charge in [-0.05, 0) is 57.3 Å². The molecule has 3 aliphatic carbocycles. The Labute approximate surface area is 148 Å². The van der Waals surface area contributed by atoms with Gasteiger partial charge in [-0.3, -0.25) is 4.68 Å². The number of nitrogens with zero attached hydrogens (tertiary/aromatic N) is 2. The van der Waals surface area contributed by atoms with Crippen LogP contribution in [0.2, 0.25) is 0 Å². The second-order valence-corrected chi connectivity index (χ2v) is 8.09. The Balaban J connectivity index is 1.77. The minimum absolute atomic E-state index is 0.0151. The van der Waals surface area contributed by atoms with Crippen LogP contribution in [-0.4, -0.2) is 28.0 Å². The lowest BCUT2D eigenvalue weighted by Gasteiger charge is -2.26. The van der Waals surface area contributed by atoms with Gasteiger partial charge in [0.05, 0.1) is 12.3 Å². The molecule has 8 heteroatoms. The van der Waals surface area contributed by atoms with E-state index in [0.29, 0.717) is 44.9 Å². The largest absolute Gasteiger partial charge is 0.461 e. The van der Waals surface area contributed by atoms with Gasteiger partial charge in [0.25, 0.3) is 0 Å². The quantitative estimate of drug-likeness (QED) is 0.558. The molecule has 3 fully saturated rings. The topological polar surface area (TPSA) is 44.1 Å². The molecule has 0 atom stereocenters. The van der Waals surface area contributed by atoms with E-state index < -0.39 is 34.5 Å². The molecule has 3 saturated carbocycles. The van der Waals surface area contributed by atoms with Crippen LogP contribution in [-0.2, 0) is 17.5 Å². The molecule has 1 aromatic heterocycles. The summed E-state index contributed by atoms with van der Waals surface area (Å²) in [5.41, 5.74) is -3.15. The molecule has 144 valence electrons. The summed E-state index contributed by atoms with van der Waals surface area (Å²) in [7, 11) is 0. The number of carbonyl (C=O) groups excluding carboxylic acids is 1. The number of fused-ring (bicyclic) bond motifs is 2. The highest BCUT2D eigenvalue weighted by atomic mass is 19.4. The lowest BCUT2D eigenvalue weighted by Crippen LogP contribution is -2.26. The average molecular weight is 374 g/mol. The molecular weight excluding hydrogens is 352 g/mol. The van der Waals surface area contributed by atoms with Crippen LogP contribution >= 0.6 is 0 Å². The van der Waals surface area contributed by atoms with Gasteiger partial charge in [0, 0.05) is 12.5 Å². The number of hydrogen-bond donors (Lipinski definition) is 0. The minimum Gasteiger partial charge on any atom is -0.461 e. The Morgan fingerprint density at radius 1 is 1.27 bits per heavy atom. The van der Waals surface area contributed by atoms with E-state index in [9.17, 15) is 22.4 Å². The molecule has 0 saturated heterocycles. The average Bonchev–Trinajstić information content (AvgIpc) is 3.14. The second-order valence-electron chi connectivity index (χ2n) is 8.09. The highest BCUT2D eigenvalue weighted by molar-refractivity contribution is 5.90. The molecular formula is C18H22F4N2O2. The van der Waals surface area contributed by atoms with Crippen molar-refractivity contribution in [2.24, 2.45) is 5.41 Å². The maximum atomic E-state index is 14.5. The number of hydrogen-bond acceptors (Lipinski definition) is 3. The maximum Gasteiger partial charge on any atom is 0.420 e. The van der Waals surface area contributed by atoms with Crippen molar-refractivity contribution < 1.29 is 27.1 Å². The molecule has 4 nitrogen and oxygen atoms in total. The van der Waals surface area contributed by atoms with Gasteiger partial charge in [-0.2, -0.15) is 18.3 Å². The van der Waals surface area contributed by atoms with Crippen molar-refractivity contribution in [3.63, 3.8) is 0 Å². The minimum atomic E-state index is -4.68. The zero-order valence-electron chi connectivity index (χ0n) is 14.7. The molecule has 0 amide bonds. The van der Waals surface area contributed by atoms with E-state index in [1.54, 1.807) is 6.92 Å². The Morgan fingerprint density at radius 3 is 2.38 bits per heavy atom. The van der Waals surface area contributed by atoms with Gasteiger partial charge in [-0.25, -0.2) is 9.18 Å². The van der Waals surface area contributed by atoms with Crippen LogP contribution in [0, 0.1) is 5.41 Å². The van der Waals surface area contributed by atoms with E-state index in [0.717, 1.165) is 0 Å². The van der Waals surface area contributed by atoms with E-state index in [1.165, 1.54) is 4.68 Å². The third-order valence-electron chi connectivity index (χ3n) is 6.08. The molecule has 0 N–H and O–H groups in total. The third kappa shape index (κ3) is 2.91. The van der Waals surface area contributed by atoms with Crippen molar-refractivity contribution >= 4 is 5.97 Å². The van der Waals surface area contributed by atoms with Crippen molar-refractivity contribution in [2.75, 3.05) is 6.61 Å². The lowest BCUT2D eigenvalue weighted by molar-refractivity contribution is -0.138. The monoisotopic (exact) mass is 374 g/mol. The first-order valence-electron chi connectivity index (χ1n) is 9.20. The number of carbonyl (C=O) groups is 1. The van der Waals surface area contributed by atoms with E-state index in [-0.39, 0.29) is 24.8 Å². The van der Waals surface area contributed by atoms with Crippen LogP contribution in [0.1, 0.15) is 79.5 Å². The first kappa shape index (κ1) is 17.8. The van der Waals surface area contributed by atoms with Crippen LogP contribution in [0.15, 0.2) is 0 Å². The highest BCUT2D eigenvalue weighted by Gasteiger charge is 2.56. The Kier molecular flexibility index (Phi) is 3.90. The van der Waals surface area contributed by atoms with Crippen molar-refractivity contribution in [3.8, 4) is 0 Å². The summed E-state index contributed by atoms with van der Waals surface area (Å²) < 4.78 is 61.8. The van der Waals surface area contributed by atoms with Crippen LogP contribution in [0.3, 0.4) is 0 Å². The third-order valence-corrected chi connectivity index (χ3v) is 6.08. The van der Waals surface area contributed by atoms with Crippen LogP contribution in [0.4, 0.5) is 17.6 Å². The molecule has 2 bridgehead atoms. The standard InChI is InChI=1S/C18H22F4N2O2/c1-2-26-15(25)14-12(18(20,21)22)13(11-3-4-11)23-24(14)10-16-5-7-17(19,9-16)8-6-16/h11H,2-10H2,1H3. The van der Waals surface area contributed by atoms with Crippen LogP contribution in [0.5, 0.6) is 0 Å². The van der Waals surface area contributed by atoms with Crippen molar-refractivity contribution in [1.82, 2.24) is 9.78 Å². The van der Waals surface area contributed by atoms with E-state index in [4.69, 9.17) is 4.74 Å². The smallest absolute Gasteiger partial charge is 0.420 e. The summed E-state index contributed by atoms with van der Waals surface area (Å²) >= 11 is 0. The summed E-state index contributed by atoms with van der Waals surface area (Å²) in [6.07, 6.45) is -0.956. The Bertz CT molecular complexity index is 728. The molecule has 1 aromatic rings.